The van der Waals surface area contributed by atoms with E-state index >= 15 is 0 Å². The molecule has 92 valence electrons. The summed E-state index contributed by atoms with van der Waals surface area (Å²) in [6.07, 6.45) is 0.626. The van der Waals surface area contributed by atoms with Crippen molar-refractivity contribution in [3.8, 4) is 0 Å². The maximum atomic E-state index is 11.6. The van der Waals surface area contributed by atoms with Crippen molar-refractivity contribution in [2.45, 2.75) is 20.3 Å². The van der Waals surface area contributed by atoms with Crippen LogP contribution in [0.25, 0.3) is 0 Å². The van der Waals surface area contributed by atoms with Gasteiger partial charge < -0.3 is 10.5 Å². The van der Waals surface area contributed by atoms with E-state index in [1.807, 2.05) is 19.9 Å². The van der Waals surface area contributed by atoms with Gasteiger partial charge in [0.25, 0.3) is 0 Å². The summed E-state index contributed by atoms with van der Waals surface area (Å²) in [4.78, 5) is 12.1. The van der Waals surface area contributed by atoms with Gasteiger partial charge in [0.15, 0.2) is 0 Å². The molecule has 0 atom stereocenters. The van der Waals surface area contributed by atoms with E-state index in [4.69, 9.17) is 22.7 Å². The maximum absolute atomic E-state index is 11.6. The average molecular weight is 251 g/mol. The van der Waals surface area contributed by atoms with Crippen LogP contribution in [0.1, 0.15) is 30.6 Å². The Balaban J connectivity index is 2.43. The summed E-state index contributed by atoms with van der Waals surface area (Å²) in [6.45, 7) is 4.19. The lowest BCUT2D eigenvalue weighted by molar-refractivity contribution is 0.0478. The van der Waals surface area contributed by atoms with E-state index < -0.39 is 0 Å². The van der Waals surface area contributed by atoms with Crippen molar-refractivity contribution in [3.05, 3.63) is 35.9 Å². The second-order valence-corrected chi connectivity index (χ2v) is 4.94. The van der Waals surface area contributed by atoms with Crippen LogP contribution in [-0.4, -0.2) is 17.6 Å². The van der Waals surface area contributed by atoms with Gasteiger partial charge in [0.2, 0.25) is 0 Å². The number of hydrogen-bond donors (Lipinski definition) is 1. The van der Waals surface area contributed by atoms with Gasteiger partial charge in [-0.25, -0.2) is 4.79 Å². The minimum absolute atomic E-state index is 0.285. The molecule has 17 heavy (non-hydrogen) atoms. The Morgan fingerprint density at radius 1 is 1.35 bits per heavy atom. The van der Waals surface area contributed by atoms with Crippen molar-refractivity contribution in [2.75, 3.05) is 6.61 Å². The number of nitrogens with two attached hydrogens (primary N) is 1. The van der Waals surface area contributed by atoms with Gasteiger partial charge in [-0.05, 0) is 18.6 Å². The number of hydrogen-bond acceptors (Lipinski definition) is 3. The first kappa shape index (κ1) is 13.6. The standard InChI is InChI=1S/C13H17NO2S/c1-13(2,12(14)17)8-9-16-11(15)10-6-4-3-5-7-10/h3-7H,8-9H2,1-2H3,(H2,14,17). The molecule has 3 nitrogen and oxygen atoms in total. The maximum Gasteiger partial charge on any atom is 0.338 e. The van der Waals surface area contributed by atoms with Crippen LogP contribution in [-0.2, 0) is 4.74 Å². The quantitative estimate of drug-likeness (QED) is 0.645. The number of carbonyl (C=O) groups excluding carboxylic acids is 1. The Morgan fingerprint density at radius 2 is 1.94 bits per heavy atom. The van der Waals surface area contributed by atoms with E-state index in [2.05, 4.69) is 0 Å². The molecule has 0 fully saturated rings. The Labute approximate surface area is 107 Å². The summed E-state index contributed by atoms with van der Waals surface area (Å²) >= 11 is 4.94. The van der Waals surface area contributed by atoms with Gasteiger partial charge in [-0.1, -0.05) is 44.3 Å². The lowest BCUT2D eigenvalue weighted by Crippen LogP contribution is -2.31. The van der Waals surface area contributed by atoms with Gasteiger partial charge in [0, 0.05) is 5.41 Å². The predicted octanol–water partition coefficient (Wildman–Crippen LogP) is 2.55. The minimum Gasteiger partial charge on any atom is -0.462 e. The number of esters is 1. The zero-order valence-corrected chi connectivity index (χ0v) is 10.9. The second kappa shape index (κ2) is 5.77. The molecule has 4 heteroatoms. The summed E-state index contributed by atoms with van der Waals surface area (Å²) in [5.41, 5.74) is 5.86. The molecule has 1 aromatic carbocycles. The smallest absolute Gasteiger partial charge is 0.338 e. The molecule has 0 aliphatic carbocycles. The molecule has 0 aliphatic heterocycles. The molecule has 0 spiro atoms. The molecule has 0 amide bonds. The summed E-state index contributed by atoms with van der Waals surface area (Å²) in [5.74, 6) is -0.315. The Hall–Kier alpha value is -1.42. The summed E-state index contributed by atoms with van der Waals surface area (Å²) < 4.78 is 5.16. The number of ether oxygens (including phenoxy) is 1. The van der Waals surface area contributed by atoms with Crippen LogP contribution in [0.2, 0.25) is 0 Å². The lowest BCUT2D eigenvalue weighted by Gasteiger charge is -2.22. The molecule has 0 saturated heterocycles. The van der Waals surface area contributed by atoms with Gasteiger partial charge in [0.1, 0.15) is 0 Å². The molecule has 1 aromatic rings. The molecule has 0 saturated carbocycles. The first-order chi connectivity index (χ1) is 7.93. The molecule has 2 N–H and O–H groups in total. The van der Waals surface area contributed by atoms with Crippen LogP contribution in [0.15, 0.2) is 30.3 Å². The Kier molecular flexibility index (Phi) is 4.63. The van der Waals surface area contributed by atoms with Gasteiger partial charge in [-0.15, -0.1) is 0 Å². The molecular weight excluding hydrogens is 234 g/mol. The average Bonchev–Trinajstić information content (AvgIpc) is 2.29. The molecule has 0 radical (unpaired) electrons. The molecule has 0 unspecified atom stereocenters. The first-order valence-electron chi connectivity index (χ1n) is 5.45. The fraction of sp³-hybridized carbons (Fsp3) is 0.385. The zero-order chi connectivity index (χ0) is 12.9. The molecule has 0 bridgehead atoms. The van der Waals surface area contributed by atoms with Crippen LogP contribution in [0.5, 0.6) is 0 Å². The minimum atomic E-state index is -0.315. The third kappa shape index (κ3) is 4.15. The Bertz CT molecular complexity index is 401. The molecule has 0 aliphatic rings. The summed E-state index contributed by atoms with van der Waals surface area (Å²) in [5, 5.41) is 0. The van der Waals surface area contributed by atoms with Gasteiger partial charge in [-0.3, -0.25) is 0 Å². The van der Waals surface area contributed by atoms with E-state index in [-0.39, 0.29) is 11.4 Å². The topological polar surface area (TPSA) is 52.3 Å². The number of benzene rings is 1. The van der Waals surface area contributed by atoms with Crippen molar-refractivity contribution < 1.29 is 9.53 Å². The van der Waals surface area contributed by atoms with Crippen molar-refractivity contribution >= 4 is 23.2 Å². The number of rotatable bonds is 5. The van der Waals surface area contributed by atoms with Crippen molar-refractivity contribution in [1.29, 1.82) is 0 Å². The Morgan fingerprint density at radius 3 is 2.47 bits per heavy atom. The van der Waals surface area contributed by atoms with Crippen LogP contribution in [0.4, 0.5) is 0 Å². The largest absolute Gasteiger partial charge is 0.462 e. The van der Waals surface area contributed by atoms with Crippen LogP contribution in [0, 0.1) is 5.41 Å². The van der Waals surface area contributed by atoms with E-state index in [1.165, 1.54) is 0 Å². The number of carbonyl (C=O) groups is 1. The number of thiocarbonyl (C=S) groups is 1. The van der Waals surface area contributed by atoms with Crippen molar-refractivity contribution in [1.82, 2.24) is 0 Å². The summed E-state index contributed by atoms with van der Waals surface area (Å²) in [7, 11) is 0. The SMILES string of the molecule is CC(C)(CCOC(=O)c1ccccc1)C(N)=S. The highest BCUT2D eigenvalue weighted by molar-refractivity contribution is 7.80. The van der Waals surface area contributed by atoms with E-state index in [9.17, 15) is 4.79 Å². The van der Waals surface area contributed by atoms with Crippen LogP contribution in [0.3, 0.4) is 0 Å². The van der Waals surface area contributed by atoms with Gasteiger partial charge in [0.05, 0.1) is 17.2 Å². The molecular formula is C13H17NO2S. The van der Waals surface area contributed by atoms with Gasteiger partial charge in [-0.2, -0.15) is 0 Å². The lowest BCUT2D eigenvalue weighted by atomic mass is 9.90. The normalized spacial score (nSPS) is 10.9. The fourth-order valence-corrected chi connectivity index (χ4v) is 1.28. The molecule has 0 aromatic heterocycles. The summed E-state index contributed by atoms with van der Waals surface area (Å²) in [6, 6.07) is 8.90. The third-order valence-electron chi connectivity index (χ3n) is 2.64. The highest BCUT2D eigenvalue weighted by Gasteiger charge is 2.21. The van der Waals surface area contributed by atoms with E-state index in [0.29, 0.717) is 23.6 Å². The highest BCUT2D eigenvalue weighted by atomic mass is 32.1. The van der Waals surface area contributed by atoms with Gasteiger partial charge >= 0.3 is 5.97 Å². The van der Waals surface area contributed by atoms with Crippen molar-refractivity contribution in [3.63, 3.8) is 0 Å². The van der Waals surface area contributed by atoms with E-state index in [1.54, 1.807) is 24.3 Å². The predicted molar refractivity (Wildman–Crippen MR) is 71.9 cm³/mol. The first-order valence-corrected chi connectivity index (χ1v) is 5.86. The third-order valence-corrected chi connectivity index (χ3v) is 3.19. The fourth-order valence-electron chi connectivity index (χ4n) is 1.18. The van der Waals surface area contributed by atoms with E-state index in [0.717, 1.165) is 0 Å². The molecule has 0 heterocycles. The monoisotopic (exact) mass is 251 g/mol. The zero-order valence-electron chi connectivity index (χ0n) is 10.1. The molecule has 1 rings (SSSR count). The van der Waals surface area contributed by atoms with Crippen LogP contribution >= 0.6 is 12.2 Å². The van der Waals surface area contributed by atoms with Crippen LogP contribution < -0.4 is 5.73 Å². The second-order valence-electron chi connectivity index (χ2n) is 4.50. The van der Waals surface area contributed by atoms with Crippen molar-refractivity contribution in [2.24, 2.45) is 11.1 Å². The highest BCUT2D eigenvalue weighted by Crippen LogP contribution is 2.20.